The van der Waals surface area contributed by atoms with Gasteiger partial charge >= 0.3 is 6.09 Å². The van der Waals surface area contributed by atoms with E-state index in [9.17, 15) is 18.4 Å². The van der Waals surface area contributed by atoms with Crippen molar-refractivity contribution in [2.24, 2.45) is 0 Å². The number of carbonyl (C=O) groups excluding carboxylic acids is 2. The third-order valence-electron chi connectivity index (χ3n) is 6.91. The number of imidazole rings is 1. The molecular weight excluding hydrogens is 546 g/mol. The van der Waals surface area contributed by atoms with Crippen LogP contribution in [0, 0.1) is 18.6 Å². The van der Waals surface area contributed by atoms with E-state index in [-0.39, 0.29) is 23.3 Å². The van der Waals surface area contributed by atoms with Gasteiger partial charge in [-0.3, -0.25) is 9.20 Å². The summed E-state index contributed by atoms with van der Waals surface area (Å²) >= 11 is 0. The average molecular weight is 579 g/mol. The van der Waals surface area contributed by atoms with Gasteiger partial charge in [-0.25, -0.2) is 19.2 Å². The van der Waals surface area contributed by atoms with Crippen LogP contribution in [0.1, 0.15) is 36.7 Å². The van der Waals surface area contributed by atoms with Crippen LogP contribution in [0.25, 0.3) is 16.9 Å². The van der Waals surface area contributed by atoms with E-state index in [1.165, 1.54) is 31.6 Å². The van der Waals surface area contributed by atoms with Gasteiger partial charge in [0.25, 0.3) is 5.91 Å². The number of ether oxygens (including phenoxy) is 2. The minimum Gasteiger partial charge on any atom is -0.494 e. The predicted octanol–water partition coefficient (Wildman–Crippen LogP) is 5.43. The minimum absolute atomic E-state index is 0.0311. The summed E-state index contributed by atoms with van der Waals surface area (Å²) in [6, 6.07) is 8.14. The fourth-order valence-electron chi connectivity index (χ4n) is 4.80. The number of benzene rings is 2. The van der Waals surface area contributed by atoms with Crippen LogP contribution in [0.5, 0.6) is 5.75 Å². The third kappa shape index (κ3) is 5.69. The van der Waals surface area contributed by atoms with Crippen LogP contribution >= 0.6 is 0 Å². The zero-order valence-corrected chi connectivity index (χ0v) is 24.1. The van der Waals surface area contributed by atoms with E-state index in [2.05, 4.69) is 15.3 Å². The Balaban J connectivity index is 1.31. The van der Waals surface area contributed by atoms with Gasteiger partial charge in [0.2, 0.25) is 5.82 Å². The molecule has 1 aliphatic heterocycles. The number of anilines is 2. The molecule has 4 aromatic rings. The summed E-state index contributed by atoms with van der Waals surface area (Å²) in [5, 5.41) is 3.21. The third-order valence-corrected chi connectivity index (χ3v) is 6.91. The van der Waals surface area contributed by atoms with Gasteiger partial charge in [0.1, 0.15) is 5.60 Å². The maximum Gasteiger partial charge on any atom is 0.410 e. The maximum absolute atomic E-state index is 14.8. The molecule has 1 fully saturated rings. The number of amides is 2. The van der Waals surface area contributed by atoms with Gasteiger partial charge in [-0.15, -0.1) is 0 Å². The van der Waals surface area contributed by atoms with Crippen molar-refractivity contribution in [1.82, 2.24) is 24.2 Å². The number of hydrogen-bond acceptors (Lipinski definition) is 7. The molecule has 0 unspecified atom stereocenters. The Morgan fingerprint density at radius 2 is 1.69 bits per heavy atom. The number of aromatic nitrogens is 3. The molecule has 42 heavy (non-hydrogen) atoms. The monoisotopic (exact) mass is 578 g/mol. The van der Waals surface area contributed by atoms with Gasteiger partial charge in [0, 0.05) is 55.4 Å². The highest BCUT2D eigenvalue weighted by molar-refractivity contribution is 5.96. The van der Waals surface area contributed by atoms with E-state index in [0.29, 0.717) is 54.6 Å². The molecule has 2 aromatic heterocycles. The summed E-state index contributed by atoms with van der Waals surface area (Å²) in [6.45, 7) is 8.91. The topological polar surface area (TPSA) is 101 Å². The lowest BCUT2D eigenvalue weighted by molar-refractivity contribution is 0.0140. The molecule has 10 nitrogen and oxygen atoms in total. The molecule has 1 aliphatic rings. The zero-order chi connectivity index (χ0) is 30.2. The Morgan fingerprint density at radius 3 is 2.36 bits per heavy atom. The molecule has 5 rings (SSSR count). The molecule has 1 saturated heterocycles. The molecule has 0 aliphatic carbocycles. The highest BCUT2D eigenvalue weighted by Crippen LogP contribution is 2.31. The molecule has 0 bridgehead atoms. The second kappa shape index (κ2) is 11.3. The average Bonchev–Trinajstić information content (AvgIpc) is 3.38. The summed E-state index contributed by atoms with van der Waals surface area (Å²) in [5.41, 5.74) is 2.19. The van der Waals surface area contributed by atoms with Crippen molar-refractivity contribution >= 4 is 29.2 Å². The smallest absolute Gasteiger partial charge is 0.410 e. The number of methoxy groups -OCH3 is 1. The molecule has 0 atom stereocenters. The van der Waals surface area contributed by atoms with Crippen LogP contribution < -0.4 is 10.1 Å². The van der Waals surface area contributed by atoms with E-state index in [1.54, 1.807) is 32.5 Å². The van der Waals surface area contributed by atoms with Crippen molar-refractivity contribution < 1.29 is 27.8 Å². The summed E-state index contributed by atoms with van der Waals surface area (Å²) in [4.78, 5) is 37.7. The lowest BCUT2D eigenvalue weighted by atomic mass is 10.1. The van der Waals surface area contributed by atoms with E-state index in [4.69, 9.17) is 9.47 Å². The number of halogens is 2. The highest BCUT2D eigenvalue weighted by atomic mass is 19.2. The fraction of sp³-hybridized carbons (Fsp3) is 0.333. The second-order valence-electron chi connectivity index (χ2n) is 11.0. The van der Waals surface area contributed by atoms with Crippen molar-refractivity contribution in [2.45, 2.75) is 33.3 Å². The fourth-order valence-corrected chi connectivity index (χ4v) is 4.80. The Kier molecular flexibility index (Phi) is 7.72. The van der Waals surface area contributed by atoms with Crippen molar-refractivity contribution in [3.63, 3.8) is 0 Å². The van der Waals surface area contributed by atoms with Crippen molar-refractivity contribution in [2.75, 3.05) is 38.6 Å². The summed E-state index contributed by atoms with van der Waals surface area (Å²) in [6.07, 6.45) is 4.21. The Labute approximate surface area is 241 Å². The normalized spacial score (nSPS) is 13.8. The van der Waals surface area contributed by atoms with Gasteiger partial charge in [0.15, 0.2) is 23.0 Å². The lowest BCUT2D eigenvalue weighted by Gasteiger charge is -2.35. The summed E-state index contributed by atoms with van der Waals surface area (Å²) in [5.74, 6) is -2.02. The number of piperazine rings is 1. The SMILES string of the molecule is COc1ccc(-c2cnc3c(Nc4ccc(C(=O)N5CCN(C(=O)OC(C)(C)C)CC5)c(C)c4)nccn23)c(F)c1F. The zero-order valence-electron chi connectivity index (χ0n) is 24.1. The van der Waals surface area contributed by atoms with Crippen LogP contribution in [-0.2, 0) is 4.74 Å². The number of rotatable bonds is 5. The largest absolute Gasteiger partial charge is 0.494 e. The first-order chi connectivity index (χ1) is 20.0. The standard InChI is InChI=1S/C30H32F2N6O4/c1-18-16-19(6-7-20(18)28(39)36-12-14-37(15-13-36)29(40)42-30(2,3)4)35-26-27-34-17-22(38(27)11-10-33-26)21-8-9-23(41-5)25(32)24(21)31/h6-11,16-17H,12-15H2,1-5H3,(H,33,35). The molecule has 1 N–H and O–H groups in total. The molecule has 2 amide bonds. The quantitative estimate of drug-likeness (QED) is 0.337. The van der Waals surface area contributed by atoms with Crippen LogP contribution in [0.3, 0.4) is 0 Å². The predicted molar refractivity (Wildman–Crippen MR) is 153 cm³/mol. The van der Waals surface area contributed by atoms with Crippen molar-refractivity contribution in [3.05, 3.63) is 71.7 Å². The van der Waals surface area contributed by atoms with E-state index in [0.717, 1.165) is 5.56 Å². The number of hydrogen-bond donors (Lipinski definition) is 1. The van der Waals surface area contributed by atoms with Crippen LogP contribution in [0.2, 0.25) is 0 Å². The summed E-state index contributed by atoms with van der Waals surface area (Å²) in [7, 11) is 1.27. The van der Waals surface area contributed by atoms with Gasteiger partial charge in [-0.05, 0) is 63.6 Å². The summed E-state index contributed by atoms with van der Waals surface area (Å²) < 4.78 is 41.1. The van der Waals surface area contributed by atoms with Gasteiger partial charge in [0.05, 0.1) is 19.0 Å². The molecule has 0 radical (unpaired) electrons. The van der Waals surface area contributed by atoms with Crippen molar-refractivity contribution in [1.29, 1.82) is 0 Å². The molecule has 0 spiro atoms. The number of fused-ring (bicyclic) bond motifs is 1. The second-order valence-corrected chi connectivity index (χ2v) is 11.0. The first-order valence-electron chi connectivity index (χ1n) is 13.5. The van der Waals surface area contributed by atoms with E-state index < -0.39 is 17.2 Å². The minimum atomic E-state index is -1.08. The molecule has 3 heterocycles. The van der Waals surface area contributed by atoms with Gasteiger partial charge in [-0.1, -0.05) is 0 Å². The molecule has 12 heteroatoms. The number of aryl methyl sites for hydroxylation is 1. The first-order valence-corrected chi connectivity index (χ1v) is 13.5. The Bertz CT molecular complexity index is 1660. The number of nitrogens with one attached hydrogen (secondary N) is 1. The Morgan fingerprint density at radius 1 is 0.976 bits per heavy atom. The van der Waals surface area contributed by atoms with Crippen LogP contribution in [0.15, 0.2) is 48.9 Å². The van der Waals surface area contributed by atoms with Crippen LogP contribution in [-0.4, -0.2) is 75.1 Å². The van der Waals surface area contributed by atoms with Crippen LogP contribution in [0.4, 0.5) is 25.1 Å². The molecule has 2 aromatic carbocycles. The van der Waals surface area contributed by atoms with Gasteiger partial charge < -0.3 is 24.6 Å². The van der Waals surface area contributed by atoms with Crippen molar-refractivity contribution in [3.8, 4) is 17.0 Å². The molecule has 0 saturated carbocycles. The Hall–Kier alpha value is -4.74. The molecule has 220 valence electrons. The lowest BCUT2D eigenvalue weighted by Crippen LogP contribution is -2.51. The maximum atomic E-state index is 14.8. The first kappa shape index (κ1) is 28.8. The van der Waals surface area contributed by atoms with E-state index in [1.807, 2.05) is 33.8 Å². The number of nitrogens with zero attached hydrogens (tertiary/aromatic N) is 5. The van der Waals surface area contributed by atoms with E-state index >= 15 is 0 Å². The number of carbonyl (C=O) groups is 2. The van der Waals surface area contributed by atoms with Gasteiger partial charge in [-0.2, -0.15) is 4.39 Å². The molecular formula is C30H32F2N6O4. The highest BCUT2D eigenvalue weighted by Gasteiger charge is 2.28.